The lowest BCUT2D eigenvalue weighted by molar-refractivity contribution is 0.557. The Kier molecular flexibility index (Phi) is 3.73. The summed E-state index contributed by atoms with van der Waals surface area (Å²) in [5.41, 5.74) is 3.18. The van der Waals surface area contributed by atoms with Gasteiger partial charge in [-0.25, -0.2) is 0 Å². The Morgan fingerprint density at radius 2 is 1.53 bits per heavy atom. The van der Waals surface area contributed by atoms with E-state index in [1.54, 1.807) is 12.1 Å². The highest BCUT2D eigenvalue weighted by Gasteiger charge is 2.28. The van der Waals surface area contributed by atoms with Crippen LogP contribution in [0.4, 0.5) is 0 Å². The van der Waals surface area contributed by atoms with E-state index in [4.69, 9.17) is 0 Å². The summed E-state index contributed by atoms with van der Waals surface area (Å²) >= 11 is 0. The molecule has 0 aliphatic heterocycles. The highest BCUT2D eigenvalue weighted by Crippen LogP contribution is 2.41. The summed E-state index contributed by atoms with van der Waals surface area (Å²) in [5.74, 6) is 0. The van der Waals surface area contributed by atoms with Crippen molar-refractivity contribution in [1.29, 1.82) is 0 Å². The molecule has 0 radical (unpaired) electrons. The van der Waals surface area contributed by atoms with E-state index < -0.39 is 7.14 Å². The Morgan fingerprint density at radius 1 is 0.895 bits per heavy atom. The van der Waals surface area contributed by atoms with Gasteiger partial charge < -0.3 is 4.57 Å². The van der Waals surface area contributed by atoms with Gasteiger partial charge in [-0.05, 0) is 37.5 Å². The summed E-state index contributed by atoms with van der Waals surface area (Å²) in [7, 11) is -3.17. The third-order valence-electron chi connectivity index (χ3n) is 3.68. The summed E-state index contributed by atoms with van der Waals surface area (Å²) in [6.07, 6.45) is 0. The van der Waals surface area contributed by atoms with Crippen LogP contribution < -0.4 is 10.6 Å². The molecule has 1 atom stereocenters. The highest BCUT2D eigenvalue weighted by atomic mass is 31.2. The zero-order chi connectivity index (χ0) is 14.0. The lowest BCUT2D eigenvalue weighted by atomic mass is 10.1. The van der Waals surface area contributed by atoms with Crippen LogP contribution in [0, 0.1) is 20.8 Å². The van der Waals surface area contributed by atoms with Gasteiger partial charge in [0.05, 0.1) is 0 Å². The molecule has 1 unspecified atom stereocenters. The SMILES string of the molecule is Cc1ccc(P(=O)(C=O)c2ccccc2)c(C)c1C. The summed E-state index contributed by atoms with van der Waals surface area (Å²) < 4.78 is 13.1. The fourth-order valence-corrected chi connectivity index (χ4v) is 4.30. The average Bonchev–Trinajstić information content (AvgIpc) is 2.45. The van der Waals surface area contributed by atoms with Crippen molar-refractivity contribution in [1.82, 2.24) is 0 Å². The molecular formula is C16H17O2P. The maximum atomic E-state index is 13.1. The van der Waals surface area contributed by atoms with Crippen LogP contribution in [-0.2, 0) is 9.36 Å². The maximum Gasteiger partial charge on any atom is 0.202 e. The molecular weight excluding hydrogens is 255 g/mol. The first kappa shape index (κ1) is 13.8. The minimum absolute atomic E-state index is 0.594. The molecule has 0 spiro atoms. The predicted octanol–water partition coefficient (Wildman–Crippen LogP) is 3.12. The van der Waals surface area contributed by atoms with Gasteiger partial charge in [0.1, 0.15) is 0 Å². The van der Waals surface area contributed by atoms with Gasteiger partial charge in [-0.1, -0.05) is 42.5 Å². The zero-order valence-corrected chi connectivity index (χ0v) is 12.3. The third-order valence-corrected chi connectivity index (χ3v) is 6.24. The minimum atomic E-state index is -3.17. The Balaban J connectivity index is 2.71. The average molecular weight is 272 g/mol. The molecule has 0 amide bonds. The molecule has 0 N–H and O–H groups in total. The van der Waals surface area contributed by atoms with E-state index in [-0.39, 0.29) is 0 Å². The summed E-state index contributed by atoms with van der Waals surface area (Å²) in [6, 6.07) is 13.3. The second-order valence-corrected chi connectivity index (χ2v) is 7.28. The molecule has 2 aromatic rings. The van der Waals surface area contributed by atoms with E-state index in [0.29, 0.717) is 16.6 Å². The number of carbonyl (C=O) groups is 1. The molecule has 0 aliphatic carbocycles. The Labute approximate surface area is 113 Å². The summed E-state index contributed by atoms with van der Waals surface area (Å²) in [6.45, 7) is 5.94. The van der Waals surface area contributed by atoms with Crippen LogP contribution in [0.15, 0.2) is 42.5 Å². The van der Waals surface area contributed by atoms with E-state index >= 15 is 0 Å². The summed E-state index contributed by atoms with van der Waals surface area (Å²) in [5, 5.41) is 1.24. The molecule has 0 saturated heterocycles. The van der Waals surface area contributed by atoms with E-state index in [2.05, 4.69) is 0 Å². The quantitative estimate of drug-likeness (QED) is 0.635. The first-order chi connectivity index (χ1) is 9.00. The van der Waals surface area contributed by atoms with Gasteiger partial charge in [-0.3, -0.25) is 4.79 Å². The molecule has 2 nitrogen and oxygen atoms in total. The number of hydrogen-bond donors (Lipinski definition) is 0. The standard InChI is InChI=1S/C16H17O2P/c1-12-9-10-16(14(3)13(12)2)19(18,11-17)15-7-5-4-6-8-15/h4-11H,1-3H3. The largest absolute Gasteiger partial charge is 0.306 e. The van der Waals surface area contributed by atoms with Gasteiger partial charge in [0.2, 0.25) is 7.14 Å². The highest BCUT2D eigenvalue weighted by molar-refractivity contribution is 7.91. The predicted molar refractivity (Wildman–Crippen MR) is 80.7 cm³/mol. The molecule has 0 aromatic heterocycles. The van der Waals surface area contributed by atoms with Crippen molar-refractivity contribution in [3.8, 4) is 0 Å². The molecule has 2 rings (SSSR count). The van der Waals surface area contributed by atoms with Crippen molar-refractivity contribution in [2.24, 2.45) is 0 Å². The molecule has 0 heterocycles. The molecule has 98 valence electrons. The minimum Gasteiger partial charge on any atom is -0.306 e. The van der Waals surface area contributed by atoms with Crippen LogP contribution in [0.25, 0.3) is 0 Å². The van der Waals surface area contributed by atoms with Crippen molar-refractivity contribution in [2.75, 3.05) is 0 Å². The topological polar surface area (TPSA) is 34.1 Å². The second kappa shape index (κ2) is 5.14. The molecule has 3 heteroatoms. The number of aryl methyl sites for hydroxylation is 1. The molecule has 19 heavy (non-hydrogen) atoms. The Hall–Kier alpha value is -1.66. The van der Waals surface area contributed by atoms with Gasteiger partial charge >= 0.3 is 0 Å². The van der Waals surface area contributed by atoms with Crippen molar-refractivity contribution in [3.05, 3.63) is 59.2 Å². The van der Waals surface area contributed by atoms with Crippen molar-refractivity contribution in [3.63, 3.8) is 0 Å². The monoisotopic (exact) mass is 272 g/mol. The van der Waals surface area contributed by atoms with Crippen LogP contribution in [-0.4, -0.2) is 6.03 Å². The third kappa shape index (κ3) is 2.29. The van der Waals surface area contributed by atoms with Crippen molar-refractivity contribution < 1.29 is 9.36 Å². The van der Waals surface area contributed by atoms with Crippen molar-refractivity contribution in [2.45, 2.75) is 20.8 Å². The normalized spacial score (nSPS) is 13.8. The molecule has 0 fully saturated rings. The lowest BCUT2D eigenvalue weighted by Gasteiger charge is -2.17. The second-order valence-electron chi connectivity index (χ2n) is 4.75. The van der Waals surface area contributed by atoms with Gasteiger partial charge in [-0.15, -0.1) is 0 Å². The van der Waals surface area contributed by atoms with Crippen LogP contribution in [0.5, 0.6) is 0 Å². The Bertz CT molecular complexity index is 660. The van der Waals surface area contributed by atoms with Crippen molar-refractivity contribution >= 4 is 23.8 Å². The summed E-state index contributed by atoms with van der Waals surface area (Å²) in [4.78, 5) is 11.5. The lowest BCUT2D eigenvalue weighted by Crippen LogP contribution is -2.20. The number of rotatable bonds is 3. The van der Waals surface area contributed by atoms with E-state index in [1.807, 2.05) is 51.1 Å². The van der Waals surface area contributed by atoms with E-state index in [0.717, 1.165) is 16.7 Å². The van der Waals surface area contributed by atoms with Crippen LogP contribution in [0.3, 0.4) is 0 Å². The molecule has 2 aromatic carbocycles. The smallest absolute Gasteiger partial charge is 0.202 e. The fourth-order valence-electron chi connectivity index (χ4n) is 2.21. The number of hydrogen-bond acceptors (Lipinski definition) is 2. The van der Waals surface area contributed by atoms with E-state index in [9.17, 15) is 9.36 Å². The van der Waals surface area contributed by atoms with Crippen LogP contribution in [0.2, 0.25) is 0 Å². The molecule has 0 saturated carbocycles. The first-order valence-electron chi connectivity index (χ1n) is 6.20. The Morgan fingerprint density at radius 3 is 2.11 bits per heavy atom. The van der Waals surface area contributed by atoms with Gasteiger partial charge in [-0.2, -0.15) is 0 Å². The van der Waals surface area contributed by atoms with Gasteiger partial charge in [0.25, 0.3) is 0 Å². The van der Waals surface area contributed by atoms with E-state index in [1.165, 1.54) is 0 Å². The van der Waals surface area contributed by atoms with Gasteiger partial charge in [0, 0.05) is 10.6 Å². The zero-order valence-electron chi connectivity index (χ0n) is 11.4. The number of benzene rings is 2. The number of carbonyl (C=O) groups excluding carboxylic acids is 1. The fraction of sp³-hybridized carbons (Fsp3) is 0.188. The van der Waals surface area contributed by atoms with Gasteiger partial charge in [0.15, 0.2) is 6.03 Å². The maximum absolute atomic E-state index is 13.1. The van der Waals surface area contributed by atoms with Crippen LogP contribution >= 0.6 is 7.14 Å². The molecule has 0 bridgehead atoms. The van der Waals surface area contributed by atoms with Crippen LogP contribution in [0.1, 0.15) is 16.7 Å². The first-order valence-corrected chi connectivity index (χ1v) is 7.97. The molecule has 0 aliphatic rings.